The maximum atomic E-state index is 14.0. The number of halogens is 1. The van der Waals surface area contributed by atoms with Crippen LogP contribution in [0.1, 0.15) is 26.4 Å². The fourth-order valence-corrected chi connectivity index (χ4v) is 3.93. The number of hydrogen-bond acceptors (Lipinski definition) is 3. The van der Waals surface area contributed by atoms with Crippen molar-refractivity contribution in [2.24, 2.45) is 0 Å². The summed E-state index contributed by atoms with van der Waals surface area (Å²) in [6.45, 7) is 5.46. The summed E-state index contributed by atoms with van der Waals surface area (Å²) in [6, 6.07) is 10.4. The van der Waals surface area contributed by atoms with Gasteiger partial charge in [0.25, 0.3) is 5.91 Å². The Labute approximate surface area is 155 Å². The van der Waals surface area contributed by atoms with Crippen molar-refractivity contribution in [2.45, 2.75) is 20.8 Å². The lowest BCUT2D eigenvalue weighted by Crippen LogP contribution is -2.32. The molecule has 2 N–H and O–H groups in total. The van der Waals surface area contributed by atoms with E-state index in [1.54, 1.807) is 19.1 Å². The van der Waals surface area contributed by atoms with Crippen LogP contribution in [0.3, 0.4) is 0 Å². The van der Waals surface area contributed by atoms with Crippen molar-refractivity contribution in [3.63, 3.8) is 0 Å². The molecule has 0 bridgehead atoms. The van der Waals surface area contributed by atoms with Gasteiger partial charge in [0, 0.05) is 15.8 Å². The van der Waals surface area contributed by atoms with E-state index in [0.29, 0.717) is 20.5 Å². The molecular formula is C20H19FN2O2S. The van der Waals surface area contributed by atoms with Gasteiger partial charge in [-0.2, -0.15) is 0 Å². The Hall–Kier alpha value is -2.73. The SMILES string of the molecule is Cc1cccc(NC(=O)CNC(=O)c2sc3cccc(F)c3c2C)c1C. The number of amides is 2. The van der Waals surface area contributed by atoms with Gasteiger partial charge in [0.1, 0.15) is 5.82 Å². The molecule has 1 heterocycles. The lowest BCUT2D eigenvalue weighted by Gasteiger charge is -2.10. The van der Waals surface area contributed by atoms with Crippen LogP contribution < -0.4 is 10.6 Å². The van der Waals surface area contributed by atoms with Crippen molar-refractivity contribution in [1.29, 1.82) is 0 Å². The molecule has 0 aliphatic carbocycles. The number of hydrogen-bond donors (Lipinski definition) is 2. The summed E-state index contributed by atoms with van der Waals surface area (Å²) in [7, 11) is 0. The predicted octanol–water partition coefficient (Wildman–Crippen LogP) is 4.33. The first kappa shape index (κ1) is 18.1. The molecule has 0 atom stereocenters. The van der Waals surface area contributed by atoms with Crippen LogP contribution in [0.4, 0.5) is 10.1 Å². The van der Waals surface area contributed by atoms with Gasteiger partial charge >= 0.3 is 0 Å². The predicted molar refractivity (Wildman–Crippen MR) is 103 cm³/mol. The van der Waals surface area contributed by atoms with Crippen LogP contribution in [0, 0.1) is 26.6 Å². The van der Waals surface area contributed by atoms with Gasteiger partial charge in [-0.15, -0.1) is 11.3 Å². The van der Waals surface area contributed by atoms with Gasteiger partial charge in [-0.25, -0.2) is 4.39 Å². The highest BCUT2D eigenvalue weighted by Crippen LogP contribution is 2.32. The van der Waals surface area contributed by atoms with Crippen LogP contribution >= 0.6 is 11.3 Å². The zero-order valence-corrected chi connectivity index (χ0v) is 15.6. The van der Waals surface area contributed by atoms with Crippen LogP contribution in [0.5, 0.6) is 0 Å². The maximum absolute atomic E-state index is 14.0. The van der Waals surface area contributed by atoms with E-state index in [1.807, 2.05) is 32.0 Å². The van der Waals surface area contributed by atoms with Crippen molar-refractivity contribution in [3.05, 3.63) is 63.8 Å². The molecule has 0 spiro atoms. The van der Waals surface area contributed by atoms with E-state index in [2.05, 4.69) is 10.6 Å². The Morgan fingerprint density at radius 2 is 1.77 bits per heavy atom. The molecule has 3 rings (SSSR count). The second kappa shape index (κ2) is 7.25. The summed E-state index contributed by atoms with van der Waals surface area (Å²) < 4.78 is 14.7. The summed E-state index contributed by atoms with van der Waals surface area (Å²) in [4.78, 5) is 25.0. The van der Waals surface area contributed by atoms with Crippen molar-refractivity contribution in [1.82, 2.24) is 5.32 Å². The fraction of sp³-hybridized carbons (Fsp3) is 0.200. The molecule has 134 valence electrons. The Kier molecular flexibility index (Phi) is 5.04. The number of fused-ring (bicyclic) bond motifs is 1. The third-order valence-electron chi connectivity index (χ3n) is 4.40. The number of thiophene rings is 1. The number of anilines is 1. The van der Waals surface area contributed by atoms with Crippen LogP contribution in [-0.2, 0) is 4.79 Å². The smallest absolute Gasteiger partial charge is 0.262 e. The standard InChI is InChI=1S/C20H19FN2O2S/c1-11-6-4-8-15(12(11)2)23-17(24)10-22-20(25)19-13(3)18-14(21)7-5-9-16(18)26-19/h4-9H,10H2,1-3H3,(H,22,25)(H,23,24). The average Bonchev–Trinajstić information content (AvgIpc) is 2.95. The normalized spacial score (nSPS) is 10.8. The molecule has 0 radical (unpaired) electrons. The molecule has 0 saturated carbocycles. The second-order valence-electron chi connectivity index (χ2n) is 6.15. The van der Waals surface area contributed by atoms with E-state index in [1.165, 1.54) is 17.4 Å². The lowest BCUT2D eigenvalue weighted by atomic mass is 10.1. The van der Waals surface area contributed by atoms with Crippen LogP contribution in [-0.4, -0.2) is 18.4 Å². The summed E-state index contributed by atoms with van der Waals surface area (Å²) in [6.07, 6.45) is 0. The van der Waals surface area contributed by atoms with Crippen LogP contribution in [0.25, 0.3) is 10.1 Å². The van der Waals surface area contributed by atoms with Crippen molar-refractivity contribution in [2.75, 3.05) is 11.9 Å². The van der Waals surface area contributed by atoms with E-state index < -0.39 is 0 Å². The Balaban J connectivity index is 1.69. The first-order valence-corrected chi connectivity index (χ1v) is 9.02. The molecule has 3 aromatic rings. The minimum Gasteiger partial charge on any atom is -0.342 e. The molecule has 2 aromatic carbocycles. The van der Waals surface area contributed by atoms with Gasteiger partial charge < -0.3 is 10.6 Å². The summed E-state index contributed by atoms with van der Waals surface area (Å²) >= 11 is 1.22. The Morgan fingerprint density at radius 3 is 2.50 bits per heavy atom. The highest BCUT2D eigenvalue weighted by Gasteiger charge is 2.18. The van der Waals surface area contributed by atoms with Crippen LogP contribution in [0.15, 0.2) is 36.4 Å². The summed E-state index contributed by atoms with van der Waals surface area (Å²) in [5.74, 6) is -1.03. The number of carbonyl (C=O) groups is 2. The highest BCUT2D eigenvalue weighted by atomic mass is 32.1. The van der Waals surface area contributed by atoms with E-state index in [9.17, 15) is 14.0 Å². The molecule has 0 aliphatic rings. The van der Waals surface area contributed by atoms with Crippen molar-refractivity contribution in [3.8, 4) is 0 Å². The van der Waals surface area contributed by atoms with Gasteiger partial charge in [0.05, 0.1) is 11.4 Å². The molecule has 0 aliphatic heterocycles. The number of nitrogens with one attached hydrogen (secondary N) is 2. The Bertz CT molecular complexity index is 1010. The molecular weight excluding hydrogens is 351 g/mol. The van der Waals surface area contributed by atoms with Crippen molar-refractivity contribution < 1.29 is 14.0 Å². The quantitative estimate of drug-likeness (QED) is 0.718. The third-order valence-corrected chi connectivity index (χ3v) is 5.65. The van der Waals surface area contributed by atoms with E-state index in [4.69, 9.17) is 0 Å². The van der Waals surface area contributed by atoms with Crippen LogP contribution in [0.2, 0.25) is 0 Å². The number of aryl methyl sites for hydroxylation is 2. The zero-order valence-electron chi connectivity index (χ0n) is 14.8. The molecule has 1 aromatic heterocycles. The zero-order chi connectivity index (χ0) is 18.8. The minimum absolute atomic E-state index is 0.150. The Morgan fingerprint density at radius 1 is 1.04 bits per heavy atom. The maximum Gasteiger partial charge on any atom is 0.262 e. The van der Waals surface area contributed by atoms with E-state index in [0.717, 1.165) is 16.8 Å². The average molecular weight is 370 g/mol. The number of benzene rings is 2. The molecule has 0 unspecified atom stereocenters. The second-order valence-corrected chi connectivity index (χ2v) is 7.20. The molecule has 0 fully saturated rings. The van der Waals surface area contributed by atoms with E-state index in [-0.39, 0.29) is 24.2 Å². The summed E-state index contributed by atoms with van der Waals surface area (Å²) in [5, 5.41) is 5.87. The minimum atomic E-state index is -0.376. The molecule has 0 saturated heterocycles. The van der Waals surface area contributed by atoms with Gasteiger partial charge in [-0.3, -0.25) is 9.59 Å². The van der Waals surface area contributed by atoms with Crippen molar-refractivity contribution >= 4 is 38.9 Å². The molecule has 4 nitrogen and oxygen atoms in total. The molecule has 6 heteroatoms. The molecule has 2 amide bonds. The monoisotopic (exact) mass is 370 g/mol. The fourth-order valence-electron chi connectivity index (χ4n) is 2.79. The van der Waals surface area contributed by atoms with Gasteiger partial charge in [-0.1, -0.05) is 18.2 Å². The van der Waals surface area contributed by atoms with E-state index >= 15 is 0 Å². The number of carbonyl (C=O) groups excluding carboxylic acids is 2. The largest absolute Gasteiger partial charge is 0.342 e. The topological polar surface area (TPSA) is 58.2 Å². The summed E-state index contributed by atoms with van der Waals surface area (Å²) in [5.41, 5.74) is 3.39. The number of rotatable bonds is 4. The first-order chi connectivity index (χ1) is 12.4. The lowest BCUT2D eigenvalue weighted by molar-refractivity contribution is -0.115. The third kappa shape index (κ3) is 3.46. The molecule has 26 heavy (non-hydrogen) atoms. The first-order valence-electron chi connectivity index (χ1n) is 8.20. The van der Waals surface area contributed by atoms with Gasteiger partial charge in [-0.05, 0) is 55.7 Å². The van der Waals surface area contributed by atoms with Gasteiger partial charge in [0.15, 0.2) is 0 Å². The highest BCUT2D eigenvalue weighted by molar-refractivity contribution is 7.21. The van der Waals surface area contributed by atoms with Gasteiger partial charge in [0.2, 0.25) is 5.91 Å².